The lowest BCUT2D eigenvalue weighted by atomic mass is 10.1. The molecule has 1 aliphatic rings. The number of piperazine rings is 1. The van der Waals surface area contributed by atoms with Gasteiger partial charge in [-0.2, -0.15) is 13.2 Å². The molecule has 1 fully saturated rings. The Bertz CT molecular complexity index is 940. The first-order valence-corrected chi connectivity index (χ1v) is 11.2. The van der Waals surface area contributed by atoms with Gasteiger partial charge >= 0.3 is 6.18 Å². The number of nitrogens with zero attached hydrogens (tertiary/aromatic N) is 2. The molecule has 0 radical (unpaired) electrons. The zero-order valence-electron chi connectivity index (χ0n) is 16.1. The number of anilines is 2. The van der Waals surface area contributed by atoms with Gasteiger partial charge in [0.25, 0.3) is 0 Å². The third kappa shape index (κ3) is 6.11. The third-order valence-electron chi connectivity index (χ3n) is 4.92. The van der Waals surface area contributed by atoms with Crippen LogP contribution in [0.1, 0.15) is 11.1 Å². The van der Waals surface area contributed by atoms with Gasteiger partial charge in [-0.15, -0.1) is 0 Å². The number of nitrogens with one attached hydrogen (secondary N) is 1. The van der Waals surface area contributed by atoms with Gasteiger partial charge in [0.05, 0.1) is 17.5 Å². The van der Waals surface area contributed by atoms with Crippen LogP contribution < -0.4 is 9.62 Å². The zero-order valence-corrected chi connectivity index (χ0v) is 16.9. The summed E-state index contributed by atoms with van der Waals surface area (Å²) in [7, 11) is -3.35. The Kier molecular flexibility index (Phi) is 6.38. The van der Waals surface area contributed by atoms with Crippen LogP contribution in [0.25, 0.3) is 0 Å². The summed E-state index contributed by atoms with van der Waals surface area (Å²) in [5.74, 6) is 0. The van der Waals surface area contributed by atoms with Crippen molar-refractivity contribution in [2.45, 2.75) is 12.6 Å². The molecule has 1 N–H and O–H groups in total. The molecule has 0 unspecified atom stereocenters. The van der Waals surface area contributed by atoms with E-state index in [1.165, 1.54) is 12.1 Å². The van der Waals surface area contributed by atoms with E-state index in [1.54, 1.807) is 18.2 Å². The molecule has 0 saturated carbocycles. The molecular formula is C20H24F3N3O2S. The van der Waals surface area contributed by atoms with Crippen molar-refractivity contribution < 1.29 is 21.6 Å². The van der Waals surface area contributed by atoms with E-state index in [4.69, 9.17) is 0 Å². The molecule has 1 saturated heterocycles. The molecule has 2 aromatic carbocycles. The van der Waals surface area contributed by atoms with Crippen LogP contribution in [0.5, 0.6) is 0 Å². The molecule has 29 heavy (non-hydrogen) atoms. The first kappa shape index (κ1) is 21.4. The predicted octanol–water partition coefficient (Wildman–Crippen LogP) is 3.44. The molecule has 0 bridgehead atoms. The van der Waals surface area contributed by atoms with Crippen LogP contribution in [0.15, 0.2) is 48.5 Å². The fraction of sp³-hybridized carbons (Fsp3) is 0.400. The van der Waals surface area contributed by atoms with Crippen LogP contribution in [-0.4, -0.2) is 52.3 Å². The van der Waals surface area contributed by atoms with E-state index >= 15 is 0 Å². The van der Waals surface area contributed by atoms with Gasteiger partial charge in [-0.25, -0.2) is 8.42 Å². The van der Waals surface area contributed by atoms with Gasteiger partial charge in [-0.3, -0.25) is 9.62 Å². The highest BCUT2D eigenvalue weighted by Crippen LogP contribution is 2.31. The van der Waals surface area contributed by atoms with Crippen molar-refractivity contribution in [1.29, 1.82) is 0 Å². The Morgan fingerprint density at radius 3 is 2.34 bits per heavy atom. The van der Waals surface area contributed by atoms with Gasteiger partial charge in [0, 0.05) is 38.4 Å². The van der Waals surface area contributed by atoms with E-state index in [2.05, 4.69) is 9.62 Å². The van der Waals surface area contributed by atoms with Crippen LogP contribution in [0.4, 0.5) is 24.5 Å². The first-order valence-electron chi connectivity index (χ1n) is 9.32. The Morgan fingerprint density at radius 2 is 1.69 bits per heavy atom. The fourth-order valence-electron chi connectivity index (χ4n) is 3.42. The second-order valence-electron chi connectivity index (χ2n) is 7.16. The fourth-order valence-corrected chi connectivity index (χ4v) is 4.02. The molecule has 2 aromatic rings. The minimum absolute atomic E-state index is 0.581. The van der Waals surface area contributed by atoms with Crippen LogP contribution in [-0.2, 0) is 22.6 Å². The summed E-state index contributed by atoms with van der Waals surface area (Å²) in [5.41, 5.74) is 1.45. The van der Waals surface area contributed by atoms with Gasteiger partial charge in [0.15, 0.2) is 0 Å². The van der Waals surface area contributed by atoms with E-state index in [0.717, 1.165) is 37.5 Å². The second kappa shape index (κ2) is 8.62. The van der Waals surface area contributed by atoms with Gasteiger partial charge in [-0.05, 0) is 36.2 Å². The maximum Gasteiger partial charge on any atom is 0.416 e. The number of sulfonamides is 1. The van der Waals surface area contributed by atoms with E-state index in [-0.39, 0.29) is 0 Å². The molecule has 0 spiro atoms. The monoisotopic (exact) mass is 427 g/mol. The lowest BCUT2D eigenvalue weighted by Gasteiger charge is -2.36. The summed E-state index contributed by atoms with van der Waals surface area (Å²) in [5, 5.41) is 0. The van der Waals surface area contributed by atoms with E-state index in [9.17, 15) is 21.6 Å². The van der Waals surface area contributed by atoms with E-state index in [0.29, 0.717) is 30.9 Å². The molecule has 0 aromatic heterocycles. The molecule has 9 heteroatoms. The number of para-hydroxylation sites is 1. The topological polar surface area (TPSA) is 52.7 Å². The van der Waals surface area contributed by atoms with Gasteiger partial charge in [0.2, 0.25) is 10.0 Å². The quantitative estimate of drug-likeness (QED) is 0.768. The van der Waals surface area contributed by atoms with Crippen molar-refractivity contribution in [1.82, 2.24) is 4.90 Å². The van der Waals surface area contributed by atoms with Crippen molar-refractivity contribution in [2.24, 2.45) is 0 Å². The molecule has 1 aliphatic heterocycles. The maximum absolute atomic E-state index is 12.9. The van der Waals surface area contributed by atoms with Crippen molar-refractivity contribution in [3.05, 3.63) is 59.7 Å². The minimum Gasteiger partial charge on any atom is -0.369 e. The normalized spacial score (nSPS) is 16.1. The zero-order chi connectivity index (χ0) is 21.1. The number of hydrogen-bond acceptors (Lipinski definition) is 4. The summed E-state index contributed by atoms with van der Waals surface area (Å²) < 4.78 is 64.3. The standard InChI is InChI=1S/C20H24F3N3O2S/c1-29(27,28)24-19-8-3-2-5-16(19)9-10-25-11-13-26(14-12-25)18-7-4-6-17(15-18)20(21,22)23/h2-8,15,24H,9-14H2,1H3. The SMILES string of the molecule is CS(=O)(=O)Nc1ccccc1CCN1CCN(c2cccc(C(F)(F)F)c2)CC1. The average Bonchev–Trinajstić information content (AvgIpc) is 2.66. The smallest absolute Gasteiger partial charge is 0.369 e. The van der Waals surface area contributed by atoms with Crippen LogP contribution in [0.3, 0.4) is 0 Å². The number of halogens is 3. The van der Waals surface area contributed by atoms with Gasteiger partial charge in [0.1, 0.15) is 0 Å². The highest BCUT2D eigenvalue weighted by molar-refractivity contribution is 7.92. The van der Waals surface area contributed by atoms with Crippen LogP contribution >= 0.6 is 0 Å². The second-order valence-corrected chi connectivity index (χ2v) is 8.91. The van der Waals surface area contributed by atoms with Crippen molar-refractivity contribution in [2.75, 3.05) is 48.6 Å². The summed E-state index contributed by atoms with van der Waals surface area (Å²) in [6.07, 6.45) is -2.54. The Labute approximate surface area is 169 Å². The molecule has 0 aliphatic carbocycles. The highest BCUT2D eigenvalue weighted by atomic mass is 32.2. The number of rotatable bonds is 6. The summed E-state index contributed by atoms with van der Waals surface area (Å²) in [6.45, 7) is 3.50. The molecule has 0 atom stereocenters. The first-order chi connectivity index (χ1) is 13.6. The summed E-state index contributed by atoms with van der Waals surface area (Å²) in [6, 6.07) is 12.7. The van der Waals surface area contributed by atoms with E-state index in [1.807, 2.05) is 17.0 Å². The molecule has 158 valence electrons. The predicted molar refractivity (Wildman–Crippen MR) is 109 cm³/mol. The van der Waals surface area contributed by atoms with Crippen LogP contribution in [0, 0.1) is 0 Å². The Hall–Kier alpha value is -2.26. The van der Waals surface area contributed by atoms with Gasteiger partial charge < -0.3 is 4.90 Å². The summed E-state index contributed by atoms with van der Waals surface area (Å²) >= 11 is 0. The number of hydrogen-bond donors (Lipinski definition) is 1. The van der Waals surface area contributed by atoms with Crippen molar-refractivity contribution in [3.8, 4) is 0 Å². The number of alkyl halides is 3. The molecule has 0 amide bonds. The maximum atomic E-state index is 12.9. The Balaban J connectivity index is 1.56. The lowest BCUT2D eigenvalue weighted by molar-refractivity contribution is -0.137. The largest absolute Gasteiger partial charge is 0.416 e. The lowest BCUT2D eigenvalue weighted by Crippen LogP contribution is -2.47. The number of benzene rings is 2. The van der Waals surface area contributed by atoms with Crippen molar-refractivity contribution >= 4 is 21.4 Å². The Morgan fingerprint density at radius 1 is 1.00 bits per heavy atom. The minimum atomic E-state index is -4.34. The van der Waals surface area contributed by atoms with E-state index < -0.39 is 21.8 Å². The van der Waals surface area contributed by atoms with Crippen LogP contribution in [0.2, 0.25) is 0 Å². The molecule has 1 heterocycles. The van der Waals surface area contributed by atoms with Crippen molar-refractivity contribution in [3.63, 3.8) is 0 Å². The summed E-state index contributed by atoms with van der Waals surface area (Å²) in [4.78, 5) is 4.20. The van der Waals surface area contributed by atoms with Gasteiger partial charge in [-0.1, -0.05) is 24.3 Å². The molecular weight excluding hydrogens is 403 g/mol. The molecule has 5 nitrogen and oxygen atoms in total. The highest BCUT2D eigenvalue weighted by Gasteiger charge is 2.31. The third-order valence-corrected chi connectivity index (χ3v) is 5.51. The molecule has 3 rings (SSSR count). The average molecular weight is 427 g/mol.